The summed E-state index contributed by atoms with van der Waals surface area (Å²) >= 11 is 0. The van der Waals surface area contributed by atoms with Crippen molar-refractivity contribution in [1.29, 1.82) is 0 Å². The van der Waals surface area contributed by atoms with Gasteiger partial charge in [-0.25, -0.2) is 19.6 Å². The molecule has 11 nitrogen and oxygen atoms in total. The molecule has 1 aliphatic carbocycles. The smallest absolute Gasteiger partial charge is 0.407 e. The second kappa shape index (κ2) is 11.4. The summed E-state index contributed by atoms with van der Waals surface area (Å²) in [7, 11) is 1.57. The molecule has 1 saturated carbocycles. The van der Waals surface area contributed by atoms with Gasteiger partial charge in [-0.05, 0) is 56.6 Å². The Morgan fingerprint density at radius 2 is 2.00 bits per heavy atom. The summed E-state index contributed by atoms with van der Waals surface area (Å²) in [5.41, 5.74) is 1.88. The van der Waals surface area contributed by atoms with E-state index in [-0.39, 0.29) is 18.5 Å². The number of carbonyl (C=O) groups is 3. The summed E-state index contributed by atoms with van der Waals surface area (Å²) in [5, 5.41) is 21.8. The predicted molar refractivity (Wildman–Crippen MR) is 129 cm³/mol. The number of hydrogen-bond acceptors (Lipinski definition) is 8. The Hall–Kier alpha value is -3.63. The number of benzene rings is 1. The molecule has 2 heterocycles. The van der Waals surface area contributed by atoms with E-state index in [0.29, 0.717) is 54.2 Å². The van der Waals surface area contributed by atoms with Crippen molar-refractivity contribution in [1.82, 2.24) is 20.2 Å². The van der Waals surface area contributed by atoms with E-state index in [9.17, 15) is 19.5 Å². The monoisotopic (exact) mass is 500 g/mol. The minimum Gasteiger partial charge on any atom is -0.497 e. The number of nitrogens with zero attached hydrogens (tertiary/aromatic N) is 3. The number of unbranched alkanes of at least 4 members (excludes halogenated alkanes) is 2. The Morgan fingerprint density at radius 3 is 2.78 bits per heavy atom. The van der Waals surface area contributed by atoms with Gasteiger partial charge in [0.25, 0.3) is 0 Å². The van der Waals surface area contributed by atoms with E-state index in [1.54, 1.807) is 13.2 Å². The van der Waals surface area contributed by atoms with Gasteiger partial charge >= 0.3 is 12.1 Å². The van der Waals surface area contributed by atoms with Crippen LogP contribution < -0.4 is 10.1 Å². The van der Waals surface area contributed by atoms with Gasteiger partial charge in [-0.15, -0.1) is 0 Å². The Balaban J connectivity index is 1.10. The Morgan fingerprint density at radius 1 is 1.17 bits per heavy atom. The van der Waals surface area contributed by atoms with E-state index >= 15 is 0 Å². The van der Waals surface area contributed by atoms with Crippen LogP contribution in [0, 0.1) is 5.92 Å². The molecule has 11 heteroatoms. The molecule has 1 aromatic heterocycles. The van der Waals surface area contributed by atoms with Crippen LogP contribution in [0.25, 0.3) is 11.0 Å². The molecular formula is C25H32N4O7. The van der Waals surface area contributed by atoms with Gasteiger partial charge in [0.2, 0.25) is 11.8 Å². The molecule has 2 amide bonds. The van der Waals surface area contributed by atoms with Gasteiger partial charge in [-0.3, -0.25) is 4.79 Å². The minimum absolute atomic E-state index is 0.0564. The number of amides is 2. The first kappa shape index (κ1) is 25.5. The van der Waals surface area contributed by atoms with Crippen LogP contribution in [-0.2, 0) is 20.7 Å². The number of hydrogen-bond donors (Lipinski definition) is 3. The first-order valence-electron chi connectivity index (χ1n) is 12.4. The number of methoxy groups -OCH3 is 1. The van der Waals surface area contributed by atoms with Gasteiger partial charge in [0.05, 0.1) is 18.1 Å². The molecule has 3 N–H and O–H groups in total. The highest BCUT2D eigenvalue weighted by atomic mass is 16.6. The molecule has 4 rings (SSSR count). The van der Waals surface area contributed by atoms with Crippen LogP contribution in [0.5, 0.6) is 11.6 Å². The molecule has 1 aliphatic heterocycles. The van der Waals surface area contributed by atoms with Gasteiger partial charge in [0, 0.05) is 12.6 Å². The van der Waals surface area contributed by atoms with Crippen molar-refractivity contribution in [3.63, 3.8) is 0 Å². The SMILES string of the molecule is COc1ccc2nc(CCCCC[C@@H]3C[C@H]3OC(=O)NCC(=O)N3CCC[C@H]3C(=O)O)c(O)nc2c1. The highest BCUT2D eigenvalue weighted by Gasteiger charge is 2.40. The zero-order valence-electron chi connectivity index (χ0n) is 20.3. The van der Waals surface area contributed by atoms with E-state index in [1.165, 1.54) is 4.90 Å². The Bertz CT molecular complexity index is 1130. The summed E-state index contributed by atoms with van der Waals surface area (Å²) in [5.74, 6) is -0.518. The number of alkyl carbamates (subject to hydrolysis) is 1. The third-order valence-corrected chi connectivity index (χ3v) is 6.77. The molecular weight excluding hydrogens is 468 g/mol. The number of carboxylic acids is 1. The number of rotatable bonds is 11. The van der Waals surface area contributed by atoms with Crippen molar-refractivity contribution < 1.29 is 34.1 Å². The zero-order chi connectivity index (χ0) is 25.7. The van der Waals surface area contributed by atoms with Crippen molar-refractivity contribution in [2.75, 3.05) is 20.2 Å². The lowest BCUT2D eigenvalue weighted by atomic mass is 10.1. The number of fused-ring (bicyclic) bond motifs is 1. The number of aromatic hydroxyl groups is 1. The number of aromatic nitrogens is 2. The van der Waals surface area contributed by atoms with E-state index in [2.05, 4.69) is 15.3 Å². The van der Waals surface area contributed by atoms with Crippen LogP contribution in [0.1, 0.15) is 50.6 Å². The number of carbonyl (C=O) groups excluding carboxylic acids is 2. The van der Waals surface area contributed by atoms with Crippen LogP contribution in [0.2, 0.25) is 0 Å². The highest BCUT2D eigenvalue weighted by Crippen LogP contribution is 2.38. The molecule has 36 heavy (non-hydrogen) atoms. The van der Waals surface area contributed by atoms with E-state index in [1.807, 2.05) is 12.1 Å². The average Bonchev–Trinajstić information content (AvgIpc) is 3.38. The molecule has 0 radical (unpaired) electrons. The fraction of sp³-hybridized carbons (Fsp3) is 0.560. The highest BCUT2D eigenvalue weighted by molar-refractivity contribution is 5.87. The van der Waals surface area contributed by atoms with Crippen molar-refractivity contribution in [2.24, 2.45) is 5.92 Å². The second-order valence-corrected chi connectivity index (χ2v) is 9.32. The molecule has 1 aromatic carbocycles. The Kier molecular flexibility index (Phi) is 8.07. The van der Waals surface area contributed by atoms with Crippen LogP contribution >= 0.6 is 0 Å². The maximum atomic E-state index is 12.2. The van der Waals surface area contributed by atoms with Gasteiger partial charge in [0.15, 0.2) is 0 Å². The summed E-state index contributed by atoms with van der Waals surface area (Å²) in [4.78, 5) is 45.5. The van der Waals surface area contributed by atoms with Crippen molar-refractivity contribution >= 4 is 29.0 Å². The van der Waals surface area contributed by atoms with Gasteiger partial charge in [-0.2, -0.15) is 0 Å². The minimum atomic E-state index is -1.02. The maximum Gasteiger partial charge on any atom is 0.407 e. The quantitative estimate of drug-likeness (QED) is 0.395. The fourth-order valence-corrected chi connectivity index (χ4v) is 4.65. The van der Waals surface area contributed by atoms with Crippen LogP contribution in [0.4, 0.5) is 4.79 Å². The number of nitrogens with one attached hydrogen (secondary N) is 1. The van der Waals surface area contributed by atoms with E-state index < -0.39 is 24.0 Å². The lowest BCUT2D eigenvalue weighted by Crippen LogP contribution is -2.45. The molecule has 2 aliphatic rings. The summed E-state index contributed by atoms with van der Waals surface area (Å²) in [6, 6.07) is 4.56. The van der Waals surface area contributed by atoms with E-state index in [0.717, 1.165) is 32.1 Å². The van der Waals surface area contributed by atoms with Gasteiger partial charge in [0.1, 0.15) is 30.1 Å². The lowest BCUT2D eigenvalue weighted by molar-refractivity contribution is -0.147. The summed E-state index contributed by atoms with van der Waals surface area (Å²) in [6.45, 7) is 0.123. The van der Waals surface area contributed by atoms with Crippen molar-refractivity contribution in [3.8, 4) is 11.6 Å². The zero-order valence-corrected chi connectivity index (χ0v) is 20.3. The van der Waals surface area contributed by atoms with Crippen LogP contribution in [0.3, 0.4) is 0 Å². The molecule has 194 valence electrons. The molecule has 2 fully saturated rings. The van der Waals surface area contributed by atoms with Crippen molar-refractivity contribution in [2.45, 2.75) is 63.5 Å². The summed E-state index contributed by atoms with van der Waals surface area (Å²) < 4.78 is 10.5. The topological polar surface area (TPSA) is 151 Å². The standard InChI is InChI=1S/C25H32N4O7/c1-35-16-9-10-17-19(13-16)28-23(31)18(27-17)7-4-2-3-6-15-12-21(15)36-25(34)26-14-22(30)29-11-5-8-20(29)24(32)33/h9-10,13,15,20-21H,2-8,11-12,14H2,1H3,(H,26,34)(H,28,31)(H,32,33)/t15-,20+,21-/m1/s1. The van der Waals surface area contributed by atoms with E-state index in [4.69, 9.17) is 14.6 Å². The predicted octanol–water partition coefficient (Wildman–Crippen LogP) is 2.64. The molecule has 1 saturated heterocycles. The first-order chi connectivity index (χ1) is 17.4. The molecule has 3 atom stereocenters. The Labute approximate surface area is 208 Å². The fourth-order valence-electron chi connectivity index (χ4n) is 4.65. The second-order valence-electron chi connectivity index (χ2n) is 9.32. The maximum absolute atomic E-state index is 12.2. The number of likely N-dealkylation sites (tertiary alicyclic amines) is 1. The first-order valence-corrected chi connectivity index (χ1v) is 12.4. The third kappa shape index (κ3) is 6.32. The molecule has 0 bridgehead atoms. The largest absolute Gasteiger partial charge is 0.497 e. The van der Waals surface area contributed by atoms with Crippen molar-refractivity contribution in [3.05, 3.63) is 23.9 Å². The number of carboxylic acid groups (broad SMARTS) is 1. The number of ether oxygens (including phenoxy) is 2. The third-order valence-electron chi connectivity index (χ3n) is 6.77. The molecule has 0 unspecified atom stereocenters. The lowest BCUT2D eigenvalue weighted by Gasteiger charge is -2.21. The molecule has 0 spiro atoms. The van der Waals surface area contributed by atoms with Gasteiger partial charge in [-0.1, -0.05) is 12.8 Å². The number of aryl methyl sites for hydroxylation is 1. The van der Waals surface area contributed by atoms with Gasteiger partial charge < -0.3 is 29.9 Å². The van der Waals surface area contributed by atoms with Crippen LogP contribution in [0.15, 0.2) is 18.2 Å². The van der Waals surface area contributed by atoms with Crippen LogP contribution in [-0.4, -0.2) is 75.4 Å². The number of aliphatic carboxylic acids is 1. The molecule has 2 aromatic rings. The summed E-state index contributed by atoms with van der Waals surface area (Å²) in [6.07, 6.45) is 5.41. The normalized spacial score (nSPS) is 20.8. The average molecular weight is 501 g/mol.